The van der Waals surface area contributed by atoms with E-state index in [1.165, 1.54) is 37.7 Å². The van der Waals surface area contributed by atoms with Gasteiger partial charge in [-0.1, -0.05) is 26.2 Å². The predicted molar refractivity (Wildman–Crippen MR) is 80.8 cm³/mol. The van der Waals surface area contributed by atoms with Crippen molar-refractivity contribution in [1.29, 1.82) is 0 Å². The van der Waals surface area contributed by atoms with E-state index >= 15 is 0 Å². The molecule has 0 spiro atoms. The summed E-state index contributed by atoms with van der Waals surface area (Å²) in [6.45, 7) is 7.53. The van der Waals surface area contributed by atoms with E-state index in [4.69, 9.17) is 0 Å². The van der Waals surface area contributed by atoms with E-state index in [0.29, 0.717) is 0 Å². The minimum Gasteiger partial charge on any atom is -0.370 e. The molecule has 1 N–H and O–H groups in total. The fourth-order valence-electron chi connectivity index (χ4n) is 2.64. The maximum Gasteiger partial charge on any atom is 0.137 e. The van der Waals surface area contributed by atoms with Crippen molar-refractivity contribution in [2.75, 3.05) is 29.9 Å². The summed E-state index contributed by atoms with van der Waals surface area (Å²) in [5.41, 5.74) is 1.19. The summed E-state index contributed by atoms with van der Waals surface area (Å²) in [5, 5.41) is 3.39. The minimum absolute atomic E-state index is 0.970. The molecule has 0 aromatic carbocycles. The molecule has 0 radical (unpaired) electrons. The molecule has 1 aromatic heterocycles. The summed E-state index contributed by atoms with van der Waals surface area (Å²) < 4.78 is 0. The fraction of sp³-hybridized carbons (Fsp3) is 0.733. The topological polar surface area (TPSA) is 41.1 Å². The third kappa shape index (κ3) is 3.82. The second-order valence-corrected chi connectivity index (χ2v) is 5.35. The lowest BCUT2D eigenvalue weighted by molar-refractivity contribution is 0.553. The Balaban J connectivity index is 2.13. The predicted octanol–water partition coefficient (Wildman–Crippen LogP) is 3.38. The molecule has 2 rings (SSSR count). The van der Waals surface area contributed by atoms with Crippen LogP contribution in [0, 0.1) is 6.92 Å². The molecule has 0 bridgehead atoms. The molecule has 1 aliphatic rings. The third-order valence-electron chi connectivity index (χ3n) is 3.76. The summed E-state index contributed by atoms with van der Waals surface area (Å²) in [6, 6.07) is 0. The van der Waals surface area contributed by atoms with Gasteiger partial charge in [-0.05, 0) is 26.2 Å². The van der Waals surface area contributed by atoms with Crippen molar-refractivity contribution in [3.8, 4) is 0 Å². The Morgan fingerprint density at radius 2 is 1.79 bits per heavy atom. The Morgan fingerprint density at radius 1 is 1.11 bits per heavy atom. The molecule has 1 aliphatic heterocycles. The van der Waals surface area contributed by atoms with Crippen LogP contribution in [0.25, 0.3) is 0 Å². The smallest absolute Gasteiger partial charge is 0.137 e. The molecule has 4 heteroatoms. The summed E-state index contributed by atoms with van der Waals surface area (Å²) in [6.07, 6.45) is 9.45. The molecule has 0 amide bonds. The number of anilines is 2. The van der Waals surface area contributed by atoms with Crippen LogP contribution in [0.4, 0.5) is 11.6 Å². The van der Waals surface area contributed by atoms with Gasteiger partial charge in [0.1, 0.15) is 18.0 Å². The van der Waals surface area contributed by atoms with Gasteiger partial charge >= 0.3 is 0 Å². The van der Waals surface area contributed by atoms with Crippen LogP contribution in [0.1, 0.15) is 51.0 Å². The normalized spacial score (nSPS) is 16.8. The SMILES string of the molecule is CCCNc1ncnc(N2CCCCCCC2)c1C. The van der Waals surface area contributed by atoms with Crippen LogP contribution in [-0.2, 0) is 0 Å². The highest BCUT2D eigenvalue weighted by atomic mass is 15.2. The maximum atomic E-state index is 4.52. The molecule has 0 atom stereocenters. The molecule has 4 nitrogen and oxygen atoms in total. The van der Waals surface area contributed by atoms with Crippen LogP contribution < -0.4 is 10.2 Å². The number of aromatic nitrogens is 2. The summed E-state index contributed by atoms with van der Waals surface area (Å²) >= 11 is 0. The van der Waals surface area contributed by atoms with E-state index in [2.05, 4.69) is 34.0 Å². The van der Waals surface area contributed by atoms with Gasteiger partial charge in [0.05, 0.1) is 0 Å². The summed E-state index contributed by atoms with van der Waals surface area (Å²) in [7, 11) is 0. The summed E-state index contributed by atoms with van der Waals surface area (Å²) in [4.78, 5) is 11.3. The molecular formula is C15H26N4. The van der Waals surface area contributed by atoms with Crippen molar-refractivity contribution in [3.63, 3.8) is 0 Å². The first-order chi connectivity index (χ1) is 9.33. The highest BCUT2D eigenvalue weighted by molar-refractivity contribution is 5.57. The second kappa shape index (κ2) is 7.31. The zero-order valence-corrected chi connectivity index (χ0v) is 12.3. The van der Waals surface area contributed by atoms with Crippen LogP contribution in [-0.4, -0.2) is 29.6 Å². The highest BCUT2D eigenvalue weighted by Gasteiger charge is 2.15. The maximum absolute atomic E-state index is 4.52. The minimum atomic E-state index is 0.970. The van der Waals surface area contributed by atoms with E-state index in [-0.39, 0.29) is 0 Å². The lowest BCUT2D eigenvalue weighted by Crippen LogP contribution is -2.29. The molecule has 19 heavy (non-hydrogen) atoms. The zero-order valence-electron chi connectivity index (χ0n) is 12.3. The number of rotatable bonds is 4. The Labute approximate surface area is 116 Å². The highest BCUT2D eigenvalue weighted by Crippen LogP contribution is 2.24. The van der Waals surface area contributed by atoms with E-state index in [9.17, 15) is 0 Å². The monoisotopic (exact) mass is 262 g/mol. The zero-order chi connectivity index (χ0) is 13.5. The van der Waals surface area contributed by atoms with Gasteiger partial charge < -0.3 is 10.2 Å². The molecule has 0 saturated carbocycles. The molecule has 1 aromatic rings. The fourth-order valence-corrected chi connectivity index (χ4v) is 2.64. The lowest BCUT2D eigenvalue weighted by atomic mass is 10.1. The molecule has 0 unspecified atom stereocenters. The summed E-state index contributed by atoms with van der Waals surface area (Å²) in [5.74, 6) is 2.12. The van der Waals surface area contributed by atoms with Gasteiger partial charge in [0.15, 0.2) is 0 Å². The molecule has 1 saturated heterocycles. The molecule has 106 valence electrons. The van der Waals surface area contributed by atoms with Gasteiger partial charge in [-0.15, -0.1) is 0 Å². The molecule has 1 fully saturated rings. The van der Waals surface area contributed by atoms with Gasteiger partial charge in [0.25, 0.3) is 0 Å². The van der Waals surface area contributed by atoms with Gasteiger partial charge in [-0.2, -0.15) is 0 Å². The Bertz CT molecular complexity index is 384. The van der Waals surface area contributed by atoms with E-state index < -0.39 is 0 Å². The van der Waals surface area contributed by atoms with Crippen LogP contribution in [0.2, 0.25) is 0 Å². The van der Waals surface area contributed by atoms with Crippen LogP contribution in [0.3, 0.4) is 0 Å². The largest absolute Gasteiger partial charge is 0.370 e. The Morgan fingerprint density at radius 3 is 2.47 bits per heavy atom. The van der Waals surface area contributed by atoms with E-state index in [1.54, 1.807) is 6.33 Å². The van der Waals surface area contributed by atoms with Crippen LogP contribution >= 0.6 is 0 Å². The lowest BCUT2D eigenvalue weighted by Gasteiger charge is -2.27. The molecular weight excluding hydrogens is 236 g/mol. The average molecular weight is 262 g/mol. The van der Waals surface area contributed by atoms with Gasteiger partial charge in [-0.25, -0.2) is 9.97 Å². The molecule has 0 aliphatic carbocycles. The standard InChI is InChI=1S/C15H26N4/c1-3-9-16-14-13(2)15(18-12-17-14)19-10-7-5-4-6-8-11-19/h12H,3-11H2,1-2H3,(H,16,17,18). The Hall–Kier alpha value is -1.32. The van der Waals surface area contributed by atoms with Gasteiger partial charge in [-0.3, -0.25) is 0 Å². The third-order valence-corrected chi connectivity index (χ3v) is 3.76. The van der Waals surface area contributed by atoms with E-state index in [0.717, 1.165) is 37.7 Å². The van der Waals surface area contributed by atoms with Gasteiger partial charge in [0, 0.05) is 25.2 Å². The van der Waals surface area contributed by atoms with Crippen molar-refractivity contribution in [2.45, 2.75) is 52.4 Å². The number of nitrogens with one attached hydrogen (secondary N) is 1. The first kappa shape index (κ1) is 14.1. The Kier molecular flexibility index (Phi) is 5.43. The average Bonchev–Trinajstić information content (AvgIpc) is 2.38. The first-order valence-corrected chi connectivity index (χ1v) is 7.63. The number of hydrogen-bond acceptors (Lipinski definition) is 4. The number of nitrogens with zero attached hydrogens (tertiary/aromatic N) is 3. The van der Waals surface area contributed by atoms with Crippen molar-refractivity contribution < 1.29 is 0 Å². The van der Waals surface area contributed by atoms with Crippen molar-refractivity contribution in [3.05, 3.63) is 11.9 Å². The van der Waals surface area contributed by atoms with E-state index in [1.807, 2.05) is 0 Å². The second-order valence-electron chi connectivity index (χ2n) is 5.35. The quantitative estimate of drug-likeness (QED) is 0.903. The van der Waals surface area contributed by atoms with Crippen molar-refractivity contribution in [2.24, 2.45) is 0 Å². The van der Waals surface area contributed by atoms with Gasteiger partial charge in [0.2, 0.25) is 0 Å². The van der Waals surface area contributed by atoms with Crippen molar-refractivity contribution >= 4 is 11.6 Å². The van der Waals surface area contributed by atoms with Crippen molar-refractivity contribution in [1.82, 2.24) is 9.97 Å². The molecule has 2 heterocycles. The van der Waals surface area contributed by atoms with Crippen LogP contribution in [0.15, 0.2) is 6.33 Å². The first-order valence-electron chi connectivity index (χ1n) is 7.63. The number of hydrogen-bond donors (Lipinski definition) is 1. The van der Waals surface area contributed by atoms with Crippen LogP contribution in [0.5, 0.6) is 0 Å².